The predicted molar refractivity (Wildman–Crippen MR) is 113 cm³/mol. The van der Waals surface area contributed by atoms with Crippen LogP contribution in [0.25, 0.3) is 17.8 Å². The van der Waals surface area contributed by atoms with E-state index in [9.17, 15) is 9.59 Å². The Labute approximate surface area is 168 Å². The molecule has 5 nitrogen and oxygen atoms in total. The maximum Gasteiger partial charge on any atom is 0.445 e. The van der Waals surface area contributed by atoms with Gasteiger partial charge in [-0.05, 0) is 35.8 Å². The number of amides is 3. The molecular formula is C24H20N3O2+. The van der Waals surface area contributed by atoms with Gasteiger partial charge in [-0.1, -0.05) is 54.7 Å². The lowest BCUT2D eigenvalue weighted by Crippen LogP contribution is -2.53. The van der Waals surface area contributed by atoms with E-state index in [1.807, 2.05) is 53.1 Å². The summed E-state index contributed by atoms with van der Waals surface area (Å²) in [6.07, 6.45) is 15.2. The van der Waals surface area contributed by atoms with Gasteiger partial charge in [0.05, 0.1) is 14.1 Å². The maximum atomic E-state index is 13.2. The van der Waals surface area contributed by atoms with Crippen LogP contribution in [-0.2, 0) is 0 Å². The van der Waals surface area contributed by atoms with Gasteiger partial charge in [0, 0.05) is 5.56 Å². The smallest absolute Gasteiger partial charge is 0.250 e. The van der Waals surface area contributed by atoms with Crippen LogP contribution in [0.3, 0.4) is 0 Å². The van der Waals surface area contributed by atoms with Crippen molar-refractivity contribution in [2.24, 2.45) is 0 Å². The van der Waals surface area contributed by atoms with E-state index in [2.05, 4.69) is 24.3 Å². The minimum Gasteiger partial charge on any atom is -0.250 e. The van der Waals surface area contributed by atoms with Crippen molar-refractivity contribution in [2.45, 2.75) is 6.42 Å². The second kappa shape index (κ2) is 6.41. The van der Waals surface area contributed by atoms with Crippen molar-refractivity contribution in [3.63, 3.8) is 0 Å². The average molecular weight is 382 g/mol. The monoisotopic (exact) mass is 382 g/mol. The van der Waals surface area contributed by atoms with E-state index in [1.54, 1.807) is 11.6 Å². The highest BCUT2D eigenvalue weighted by Gasteiger charge is 2.39. The van der Waals surface area contributed by atoms with Crippen LogP contribution < -0.4 is 15.4 Å². The molecule has 2 aliphatic carbocycles. The Morgan fingerprint density at radius 2 is 1.69 bits per heavy atom. The molecule has 3 amide bonds. The average Bonchev–Trinajstić information content (AvgIpc) is 2.87. The lowest BCUT2D eigenvalue weighted by Gasteiger charge is -2.15. The van der Waals surface area contributed by atoms with Gasteiger partial charge in [0.15, 0.2) is 0 Å². The van der Waals surface area contributed by atoms with E-state index in [1.165, 1.54) is 17.5 Å². The van der Waals surface area contributed by atoms with Crippen molar-refractivity contribution in [1.82, 2.24) is 14.0 Å². The van der Waals surface area contributed by atoms with Crippen LogP contribution in [0.1, 0.15) is 22.3 Å². The van der Waals surface area contributed by atoms with Gasteiger partial charge in [-0.3, -0.25) is 0 Å². The third kappa shape index (κ3) is 2.58. The molecule has 2 bridgehead atoms. The normalized spacial score (nSPS) is 17.6. The third-order valence-corrected chi connectivity index (χ3v) is 5.57. The second-order valence-electron chi connectivity index (χ2n) is 7.40. The number of urea groups is 1. The molecule has 2 heterocycles. The maximum absolute atomic E-state index is 13.2. The molecule has 0 unspecified atom stereocenters. The van der Waals surface area contributed by atoms with Crippen molar-refractivity contribution in [1.29, 1.82) is 0 Å². The minimum absolute atomic E-state index is 0.281. The summed E-state index contributed by atoms with van der Waals surface area (Å²) in [6, 6.07) is 9.51. The molecule has 0 atom stereocenters. The predicted octanol–water partition coefficient (Wildman–Crippen LogP) is 2.42. The van der Waals surface area contributed by atoms with Gasteiger partial charge in [-0.2, -0.15) is 9.48 Å². The Bertz CT molecular complexity index is 1320. The summed E-state index contributed by atoms with van der Waals surface area (Å²) in [7, 11) is 3.25. The molecule has 2 aromatic rings. The van der Waals surface area contributed by atoms with Gasteiger partial charge >= 0.3 is 11.9 Å². The van der Waals surface area contributed by atoms with Gasteiger partial charge in [0.2, 0.25) is 0 Å². The Kier molecular flexibility index (Phi) is 3.84. The van der Waals surface area contributed by atoms with E-state index >= 15 is 0 Å². The number of allylic oxidation sites excluding steroid dienone is 7. The first-order valence-corrected chi connectivity index (χ1v) is 9.55. The van der Waals surface area contributed by atoms with Gasteiger partial charge in [-0.25, -0.2) is 14.2 Å². The van der Waals surface area contributed by atoms with Crippen molar-refractivity contribution in [3.05, 3.63) is 93.8 Å². The van der Waals surface area contributed by atoms with E-state index < -0.39 is 0 Å². The third-order valence-electron chi connectivity index (χ3n) is 5.57. The Morgan fingerprint density at radius 3 is 2.45 bits per heavy atom. The Morgan fingerprint density at radius 1 is 0.966 bits per heavy atom. The number of imide groups is 1. The molecule has 29 heavy (non-hydrogen) atoms. The van der Waals surface area contributed by atoms with E-state index in [4.69, 9.17) is 0 Å². The van der Waals surface area contributed by atoms with Crippen molar-refractivity contribution >= 4 is 24.1 Å². The molecule has 0 spiro atoms. The number of nitrogens with zero attached hydrogens (tertiary/aromatic N) is 3. The summed E-state index contributed by atoms with van der Waals surface area (Å²) in [6.45, 7) is 0. The van der Waals surface area contributed by atoms with E-state index in [0.29, 0.717) is 11.1 Å². The molecule has 0 saturated heterocycles. The van der Waals surface area contributed by atoms with Gasteiger partial charge in [-0.15, -0.1) is 0 Å². The quantitative estimate of drug-likeness (QED) is 0.711. The lowest BCUT2D eigenvalue weighted by atomic mass is 9.99. The van der Waals surface area contributed by atoms with Crippen LogP contribution in [0, 0.1) is 0 Å². The molecule has 0 fully saturated rings. The van der Waals surface area contributed by atoms with Crippen LogP contribution in [0.5, 0.6) is 0 Å². The van der Waals surface area contributed by atoms with Gasteiger partial charge in [0.25, 0.3) is 5.49 Å². The molecular weight excluding hydrogens is 362 g/mol. The van der Waals surface area contributed by atoms with Crippen molar-refractivity contribution < 1.29 is 9.59 Å². The largest absolute Gasteiger partial charge is 0.445 e. The zero-order valence-corrected chi connectivity index (χ0v) is 16.3. The highest BCUT2D eigenvalue weighted by molar-refractivity contribution is 6.08. The second-order valence-corrected chi connectivity index (χ2v) is 7.40. The molecule has 0 saturated carbocycles. The molecule has 0 radical (unpaired) electrons. The van der Waals surface area contributed by atoms with E-state index in [-0.39, 0.29) is 11.9 Å². The number of benzene rings is 1. The first-order valence-electron chi connectivity index (χ1n) is 9.55. The summed E-state index contributed by atoms with van der Waals surface area (Å²) in [5.41, 5.74) is 5.22. The Balaban J connectivity index is 2.01. The number of hydrogen-bond donors (Lipinski definition) is 0. The summed E-state index contributed by atoms with van der Waals surface area (Å²) in [5, 5.41) is 0.904. The fraction of sp³-hybridized carbons (Fsp3) is 0.125. The number of hydrogen-bond acceptors (Lipinski definition) is 2. The van der Waals surface area contributed by atoms with Crippen LogP contribution in [0.4, 0.5) is 4.79 Å². The zero-order valence-electron chi connectivity index (χ0n) is 16.3. The fourth-order valence-corrected chi connectivity index (χ4v) is 4.13. The van der Waals surface area contributed by atoms with Crippen LogP contribution >= 0.6 is 0 Å². The molecule has 1 aliphatic heterocycles. The van der Waals surface area contributed by atoms with Crippen LogP contribution in [0.15, 0.2) is 71.9 Å². The number of carbonyl (C=O) groups is 2. The highest BCUT2D eigenvalue weighted by Crippen LogP contribution is 2.22. The standard InChI is InChI=1S/C24H20N3O2/c1-25-22-21(23(28)26(2)24(25)29)19-13-12-16-8-6-7-9-17(14-16)15-20(19)27(22)18-10-4-3-5-11-18/h3-13,15H,14H2,1-2H3/q+1. The molecule has 5 rings (SSSR count). The number of aromatic nitrogens is 1. The summed E-state index contributed by atoms with van der Waals surface area (Å²) in [5.74, 6) is -0.281. The van der Waals surface area contributed by atoms with Gasteiger partial charge < -0.3 is 0 Å². The first-order chi connectivity index (χ1) is 14.1. The summed E-state index contributed by atoms with van der Waals surface area (Å²) in [4.78, 5) is 27.1. The summed E-state index contributed by atoms with van der Waals surface area (Å²) < 4.78 is 3.57. The van der Waals surface area contributed by atoms with Crippen LogP contribution in [0.2, 0.25) is 0 Å². The number of carbonyl (C=O) groups excluding carboxylic acids is 2. The molecule has 1 aromatic heterocycles. The first kappa shape index (κ1) is 17.4. The minimum atomic E-state index is -0.338. The Hall–Kier alpha value is -3.73. The molecule has 3 aliphatic rings. The number of rotatable bonds is 1. The van der Waals surface area contributed by atoms with Crippen molar-refractivity contribution in [2.75, 3.05) is 14.1 Å². The highest BCUT2D eigenvalue weighted by atomic mass is 16.2. The van der Waals surface area contributed by atoms with Crippen molar-refractivity contribution in [3.8, 4) is 5.69 Å². The molecule has 142 valence electrons. The zero-order chi connectivity index (χ0) is 20.1. The van der Waals surface area contributed by atoms with E-state index in [0.717, 1.165) is 28.6 Å². The lowest BCUT2D eigenvalue weighted by molar-refractivity contribution is 0.0813. The number of para-hydroxylation sites is 1. The topological polar surface area (TPSA) is 45.3 Å². The fourth-order valence-electron chi connectivity index (χ4n) is 4.13. The molecule has 1 aromatic carbocycles. The van der Waals surface area contributed by atoms with Gasteiger partial charge in [0.1, 0.15) is 16.6 Å². The van der Waals surface area contributed by atoms with Crippen LogP contribution in [-0.4, -0.2) is 35.5 Å². The molecule has 0 N–H and O–H groups in total. The molecule has 5 heteroatoms. The number of fused-ring (bicyclic) bond motifs is 5. The SMILES string of the molecule is CN1C(=O)c2c3c(n(-c4ccccc4)c2=[N+](C)C1=O)=CC1=CC=CC=C(C=C3)C1. The summed E-state index contributed by atoms with van der Waals surface area (Å²) >= 11 is 0.